The van der Waals surface area contributed by atoms with Crippen LogP contribution in [-0.2, 0) is 0 Å². The average molecular weight is 887 g/mol. The number of fused-ring (bicyclic) bond motifs is 20. The van der Waals surface area contributed by atoms with E-state index in [1.807, 2.05) is 0 Å². The van der Waals surface area contributed by atoms with Gasteiger partial charge in [-0.05, 0) is 59.7 Å². The fourth-order valence-electron chi connectivity index (χ4n) is 13.2. The molecular formula is C66H38N4. The molecule has 0 spiro atoms. The van der Waals surface area contributed by atoms with Crippen molar-refractivity contribution < 1.29 is 0 Å². The maximum atomic E-state index is 2.69. The molecule has 17 aromatic rings. The smallest absolute Gasteiger partial charge is 0.0642 e. The zero-order chi connectivity index (χ0) is 45.3. The molecule has 0 saturated heterocycles. The van der Waals surface area contributed by atoms with Crippen molar-refractivity contribution >= 4 is 120 Å². The second-order valence-electron chi connectivity index (χ2n) is 19.1. The fourth-order valence-corrected chi connectivity index (χ4v) is 13.2. The summed E-state index contributed by atoms with van der Waals surface area (Å²) < 4.78 is 10.3. The minimum Gasteiger partial charge on any atom is -0.309 e. The van der Waals surface area contributed by atoms with Gasteiger partial charge in [-0.25, -0.2) is 0 Å². The van der Waals surface area contributed by atoms with Gasteiger partial charge in [0, 0.05) is 87.1 Å². The van der Waals surface area contributed by atoms with E-state index in [1.165, 1.54) is 142 Å². The van der Waals surface area contributed by atoms with Gasteiger partial charge in [0.05, 0.1) is 55.2 Å². The first-order chi connectivity index (χ1) is 34.8. The summed E-state index contributed by atoms with van der Waals surface area (Å²) in [5.41, 5.74) is 19.5. The third-order valence-electron chi connectivity index (χ3n) is 15.8. The molecule has 6 heterocycles. The largest absolute Gasteiger partial charge is 0.309 e. The summed E-state index contributed by atoms with van der Waals surface area (Å²) in [6, 6.07) is 85.7. The Hall–Kier alpha value is -9.38. The Morgan fingerprint density at radius 2 is 0.543 bits per heavy atom. The van der Waals surface area contributed by atoms with Gasteiger partial charge < -0.3 is 17.9 Å². The normalized spacial score (nSPS) is 12.6. The van der Waals surface area contributed by atoms with Crippen molar-refractivity contribution in [1.82, 2.24) is 17.9 Å². The van der Waals surface area contributed by atoms with E-state index in [0.29, 0.717) is 0 Å². The summed E-state index contributed by atoms with van der Waals surface area (Å²) in [7, 11) is 0. The van der Waals surface area contributed by atoms with Crippen molar-refractivity contribution in [2.45, 2.75) is 0 Å². The number of para-hydroxylation sites is 6. The topological polar surface area (TPSA) is 18.7 Å². The van der Waals surface area contributed by atoms with E-state index in [1.54, 1.807) is 0 Å². The van der Waals surface area contributed by atoms with Crippen LogP contribution in [0.4, 0.5) is 0 Å². The van der Waals surface area contributed by atoms with Crippen LogP contribution in [-0.4, -0.2) is 17.9 Å². The van der Waals surface area contributed by atoms with Crippen LogP contribution in [0.15, 0.2) is 231 Å². The number of nitrogens with zero attached hydrogens (tertiary/aromatic N) is 4. The van der Waals surface area contributed by atoms with Gasteiger partial charge in [-0.1, -0.05) is 182 Å². The molecular weight excluding hydrogens is 849 g/mol. The number of rotatable bonds is 4. The van der Waals surface area contributed by atoms with Gasteiger partial charge in [0.2, 0.25) is 0 Å². The molecule has 0 radical (unpaired) electrons. The van der Waals surface area contributed by atoms with Crippen LogP contribution >= 0.6 is 0 Å². The zero-order valence-corrected chi connectivity index (χ0v) is 37.7. The molecule has 0 aliphatic carbocycles. The zero-order valence-electron chi connectivity index (χ0n) is 37.7. The molecule has 4 heteroatoms. The summed E-state index contributed by atoms with van der Waals surface area (Å²) >= 11 is 0. The van der Waals surface area contributed by atoms with Gasteiger partial charge in [0.15, 0.2) is 0 Å². The van der Waals surface area contributed by atoms with Crippen LogP contribution in [0.5, 0.6) is 0 Å². The summed E-state index contributed by atoms with van der Waals surface area (Å²) in [5, 5.41) is 15.2. The molecule has 0 bridgehead atoms. The number of hydrogen-bond donors (Lipinski definition) is 0. The van der Waals surface area contributed by atoms with Gasteiger partial charge >= 0.3 is 0 Å². The molecule has 0 fully saturated rings. The van der Waals surface area contributed by atoms with Crippen molar-refractivity contribution in [1.29, 1.82) is 0 Å². The minimum absolute atomic E-state index is 1.16. The lowest BCUT2D eigenvalue weighted by atomic mass is 9.89. The molecule has 70 heavy (non-hydrogen) atoms. The van der Waals surface area contributed by atoms with Crippen molar-refractivity contribution in [2.75, 3.05) is 0 Å². The molecule has 0 aliphatic rings. The van der Waals surface area contributed by atoms with Crippen LogP contribution in [0.2, 0.25) is 0 Å². The monoisotopic (exact) mass is 886 g/mol. The molecule has 17 rings (SSSR count). The summed E-state index contributed by atoms with van der Waals surface area (Å²) in [6.07, 6.45) is 0. The number of benzene rings is 11. The van der Waals surface area contributed by atoms with Crippen molar-refractivity contribution in [3.63, 3.8) is 0 Å². The van der Waals surface area contributed by atoms with Gasteiger partial charge in [-0.3, -0.25) is 0 Å². The summed E-state index contributed by atoms with van der Waals surface area (Å²) in [4.78, 5) is 0. The van der Waals surface area contributed by atoms with Gasteiger partial charge in [0.1, 0.15) is 0 Å². The van der Waals surface area contributed by atoms with E-state index in [9.17, 15) is 0 Å². The van der Waals surface area contributed by atoms with Gasteiger partial charge in [-0.15, -0.1) is 0 Å². The number of aromatic nitrogens is 4. The third kappa shape index (κ3) is 4.39. The second kappa shape index (κ2) is 13.2. The first kappa shape index (κ1) is 36.7. The third-order valence-corrected chi connectivity index (χ3v) is 15.8. The quantitative estimate of drug-likeness (QED) is 0.168. The minimum atomic E-state index is 1.16. The van der Waals surface area contributed by atoms with E-state index in [-0.39, 0.29) is 0 Å². The lowest BCUT2D eigenvalue weighted by Crippen LogP contribution is -1.95. The lowest BCUT2D eigenvalue weighted by molar-refractivity contribution is 1.18. The van der Waals surface area contributed by atoms with Crippen LogP contribution < -0.4 is 0 Å². The highest BCUT2D eigenvalue weighted by molar-refractivity contribution is 6.40. The Balaban J connectivity index is 1.18. The SMILES string of the molecule is c1ccc(-c2c3c4cccc5c6ccc7c(c8ccccc8n7-c7ccccc7)c6n(c3c(-c3ccccc3)c3c6cccc7c8ccc9c(c%10ccccc%10n9-c9ccccc9)c8n(c23)c76)c54)cc1. The predicted octanol–water partition coefficient (Wildman–Crippen LogP) is 17.5. The van der Waals surface area contributed by atoms with Crippen LogP contribution in [0.1, 0.15) is 0 Å². The van der Waals surface area contributed by atoms with Crippen LogP contribution in [0, 0.1) is 0 Å². The first-order valence-electron chi connectivity index (χ1n) is 24.3. The highest BCUT2D eigenvalue weighted by atomic mass is 15.0. The molecule has 322 valence electrons. The van der Waals surface area contributed by atoms with Crippen LogP contribution in [0.25, 0.3) is 153 Å². The molecule has 0 aliphatic heterocycles. The molecule has 4 nitrogen and oxygen atoms in total. The maximum Gasteiger partial charge on any atom is 0.0642 e. The molecule has 0 N–H and O–H groups in total. The Kier molecular flexibility index (Phi) is 6.92. The van der Waals surface area contributed by atoms with E-state index in [2.05, 4.69) is 248 Å². The molecule has 0 unspecified atom stereocenters. The van der Waals surface area contributed by atoms with E-state index >= 15 is 0 Å². The Bertz CT molecular complexity index is 4690. The van der Waals surface area contributed by atoms with Crippen LogP contribution in [0.3, 0.4) is 0 Å². The molecule has 0 atom stereocenters. The fraction of sp³-hybridized carbons (Fsp3) is 0. The average Bonchev–Trinajstić information content (AvgIpc) is 4.27. The van der Waals surface area contributed by atoms with E-state index in [4.69, 9.17) is 0 Å². The second-order valence-corrected chi connectivity index (χ2v) is 19.1. The van der Waals surface area contributed by atoms with Crippen molar-refractivity contribution in [2.24, 2.45) is 0 Å². The highest BCUT2D eigenvalue weighted by Crippen LogP contribution is 2.55. The predicted molar refractivity (Wildman–Crippen MR) is 295 cm³/mol. The first-order valence-corrected chi connectivity index (χ1v) is 24.3. The lowest BCUT2D eigenvalue weighted by Gasteiger charge is -2.16. The van der Waals surface area contributed by atoms with E-state index in [0.717, 1.165) is 11.4 Å². The Morgan fingerprint density at radius 3 is 0.971 bits per heavy atom. The Labute approximate surface area is 400 Å². The summed E-state index contributed by atoms with van der Waals surface area (Å²) in [6.45, 7) is 0. The molecule has 0 saturated carbocycles. The van der Waals surface area contributed by atoms with Crippen molar-refractivity contribution in [3.8, 4) is 33.6 Å². The number of hydrogen-bond acceptors (Lipinski definition) is 0. The van der Waals surface area contributed by atoms with Gasteiger partial charge in [0.25, 0.3) is 0 Å². The Morgan fingerprint density at radius 1 is 0.200 bits per heavy atom. The van der Waals surface area contributed by atoms with Crippen molar-refractivity contribution in [3.05, 3.63) is 231 Å². The standard InChI is InChI=1S/C66H38N4/c1-5-19-39(20-6-1)55-59-49-31-17-29-43-46-36-38-54-58(48-28-14-16-34-52(48)68(54)42-25-11-4-12-26-42)64(46)70(61(43)49)66(59)56(40-21-7-2-8-22-40)60-50-32-18-30-44-45-35-37-53-57(63(45)69(62(44)50)65(55)60)47-27-13-15-33-51(47)67(53)41-23-9-3-10-24-41/h1-38H. The molecule has 0 amide bonds. The molecule has 11 aromatic carbocycles. The summed E-state index contributed by atoms with van der Waals surface area (Å²) in [5.74, 6) is 0. The highest BCUT2D eigenvalue weighted by Gasteiger charge is 2.32. The maximum absolute atomic E-state index is 2.69. The molecule has 6 aromatic heterocycles. The van der Waals surface area contributed by atoms with E-state index < -0.39 is 0 Å². The van der Waals surface area contributed by atoms with Gasteiger partial charge in [-0.2, -0.15) is 0 Å².